The third-order valence-electron chi connectivity index (χ3n) is 3.66. The first kappa shape index (κ1) is 14.5. The van der Waals surface area contributed by atoms with E-state index >= 15 is 0 Å². The molecule has 0 N–H and O–H groups in total. The Balaban J connectivity index is 1.77. The Hall–Kier alpha value is -0.940. The molecular formula is C14H22N2O2S. The van der Waals surface area contributed by atoms with Crippen molar-refractivity contribution in [1.82, 2.24) is 9.88 Å². The van der Waals surface area contributed by atoms with Crippen molar-refractivity contribution in [2.45, 2.75) is 26.3 Å². The third-order valence-corrected chi connectivity index (χ3v) is 5.50. The Morgan fingerprint density at radius 3 is 2.89 bits per heavy atom. The van der Waals surface area contributed by atoms with E-state index in [4.69, 9.17) is 0 Å². The second-order valence-electron chi connectivity index (χ2n) is 5.60. The lowest BCUT2D eigenvalue weighted by molar-refractivity contribution is 0.299. The minimum Gasteiger partial charge on any atom is -0.302 e. The van der Waals surface area contributed by atoms with Crippen LogP contribution in [0.5, 0.6) is 0 Å². The van der Waals surface area contributed by atoms with Crippen molar-refractivity contribution in [3.63, 3.8) is 0 Å². The monoisotopic (exact) mass is 282 g/mol. The molecule has 0 amide bonds. The summed E-state index contributed by atoms with van der Waals surface area (Å²) in [7, 11) is -0.652. The van der Waals surface area contributed by atoms with E-state index in [0.717, 1.165) is 31.6 Å². The van der Waals surface area contributed by atoms with Crippen LogP contribution >= 0.6 is 0 Å². The van der Waals surface area contributed by atoms with Crippen LogP contribution in [-0.2, 0) is 16.4 Å². The van der Waals surface area contributed by atoms with E-state index in [-0.39, 0.29) is 0 Å². The highest BCUT2D eigenvalue weighted by Gasteiger charge is 2.27. The standard InChI is InChI=1S/C14H22N2O2S/c1-12-9-14(3-6-15-12)10-16(2)7-4-13-5-8-19(17,18)11-13/h3,6,9,13H,4-5,7-8,10-11H2,1-2H3. The molecule has 1 aromatic rings. The number of aryl methyl sites for hydroxylation is 1. The Morgan fingerprint density at radius 1 is 1.47 bits per heavy atom. The lowest BCUT2D eigenvalue weighted by atomic mass is 10.1. The van der Waals surface area contributed by atoms with E-state index in [9.17, 15) is 8.42 Å². The van der Waals surface area contributed by atoms with Gasteiger partial charge in [0, 0.05) is 18.4 Å². The highest BCUT2D eigenvalue weighted by atomic mass is 32.2. The molecule has 2 heterocycles. The number of aromatic nitrogens is 1. The van der Waals surface area contributed by atoms with Crippen LogP contribution in [0.1, 0.15) is 24.1 Å². The number of hydrogen-bond donors (Lipinski definition) is 0. The van der Waals surface area contributed by atoms with Crippen LogP contribution in [-0.4, -0.2) is 43.4 Å². The molecule has 0 saturated carbocycles. The Labute approximate surface area is 115 Å². The van der Waals surface area contributed by atoms with E-state index in [1.807, 2.05) is 19.2 Å². The molecule has 1 fully saturated rings. The highest BCUT2D eigenvalue weighted by molar-refractivity contribution is 7.91. The van der Waals surface area contributed by atoms with Gasteiger partial charge in [0.15, 0.2) is 9.84 Å². The zero-order valence-electron chi connectivity index (χ0n) is 11.7. The van der Waals surface area contributed by atoms with Crippen LogP contribution in [0.25, 0.3) is 0 Å². The van der Waals surface area contributed by atoms with Crippen molar-refractivity contribution in [1.29, 1.82) is 0 Å². The second-order valence-corrected chi connectivity index (χ2v) is 7.83. The molecule has 1 aliphatic heterocycles. The summed E-state index contributed by atoms with van der Waals surface area (Å²) in [5, 5.41) is 0. The van der Waals surface area contributed by atoms with Crippen LogP contribution in [0.3, 0.4) is 0 Å². The van der Waals surface area contributed by atoms with E-state index in [2.05, 4.69) is 23.0 Å². The van der Waals surface area contributed by atoms with Crippen molar-refractivity contribution >= 4 is 9.84 Å². The molecule has 5 heteroatoms. The molecule has 2 rings (SSSR count). The minimum absolute atomic E-state index is 0.353. The Morgan fingerprint density at radius 2 is 2.26 bits per heavy atom. The summed E-state index contributed by atoms with van der Waals surface area (Å²) in [6.45, 7) is 3.83. The molecule has 19 heavy (non-hydrogen) atoms. The molecule has 1 unspecified atom stereocenters. The number of hydrogen-bond acceptors (Lipinski definition) is 4. The molecule has 0 bridgehead atoms. The lowest BCUT2D eigenvalue weighted by Gasteiger charge is -2.18. The first-order chi connectivity index (χ1) is 8.94. The van der Waals surface area contributed by atoms with Gasteiger partial charge in [-0.1, -0.05) is 0 Å². The summed E-state index contributed by atoms with van der Waals surface area (Å²) in [6.07, 6.45) is 3.65. The highest BCUT2D eigenvalue weighted by Crippen LogP contribution is 2.21. The third kappa shape index (κ3) is 4.58. The molecule has 1 aromatic heterocycles. The van der Waals surface area contributed by atoms with E-state index in [0.29, 0.717) is 17.4 Å². The van der Waals surface area contributed by atoms with Crippen molar-refractivity contribution < 1.29 is 8.42 Å². The molecule has 0 spiro atoms. The fourth-order valence-corrected chi connectivity index (χ4v) is 4.51. The van der Waals surface area contributed by atoms with Crippen molar-refractivity contribution in [3.8, 4) is 0 Å². The van der Waals surface area contributed by atoms with E-state index in [1.54, 1.807) is 0 Å². The van der Waals surface area contributed by atoms with Crippen LogP contribution in [0.15, 0.2) is 18.3 Å². The zero-order chi connectivity index (χ0) is 13.9. The summed E-state index contributed by atoms with van der Waals surface area (Å²) in [6, 6.07) is 4.13. The predicted molar refractivity (Wildman–Crippen MR) is 76.7 cm³/mol. The molecule has 0 radical (unpaired) electrons. The summed E-state index contributed by atoms with van der Waals surface area (Å²) in [4.78, 5) is 6.44. The van der Waals surface area contributed by atoms with Crippen LogP contribution < -0.4 is 0 Å². The predicted octanol–water partition coefficient (Wildman–Crippen LogP) is 1.65. The van der Waals surface area contributed by atoms with Crippen molar-refractivity contribution in [2.75, 3.05) is 25.1 Å². The number of rotatable bonds is 5. The van der Waals surface area contributed by atoms with Gasteiger partial charge in [-0.25, -0.2) is 8.42 Å². The van der Waals surface area contributed by atoms with Gasteiger partial charge in [-0.05, 0) is 57.0 Å². The molecule has 106 valence electrons. The van der Waals surface area contributed by atoms with E-state index in [1.165, 1.54) is 5.56 Å². The van der Waals surface area contributed by atoms with Crippen molar-refractivity contribution in [3.05, 3.63) is 29.6 Å². The van der Waals surface area contributed by atoms with Gasteiger partial charge >= 0.3 is 0 Å². The number of sulfone groups is 1. The fraction of sp³-hybridized carbons (Fsp3) is 0.643. The van der Waals surface area contributed by atoms with Gasteiger partial charge in [0.25, 0.3) is 0 Å². The maximum Gasteiger partial charge on any atom is 0.150 e. The lowest BCUT2D eigenvalue weighted by Crippen LogP contribution is -2.21. The molecule has 4 nitrogen and oxygen atoms in total. The van der Waals surface area contributed by atoms with Gasteiger partial charge < -0.3 is 4.90 Å². The van der Waals surface area contributed by atoms with Gasteiger partial charge in [0.05, 0.1) is 11.5 Å². The van der Waals surface area contributed by atoms with Crippen LogP contribution in [0.4, 0.5) is 0 Å². The van der Waals surface area contributed by atoms with Crippen molar-refractivity contribution in [2.24, 2.45) is 5.92 Å². The maximum absolute atomic E-state index is 11.4. The normalized spacial score (nSPS) is 21.9. The molecule has 0 aliphatic carbocycles. The maximum atomic E-state index is 11.4. The average molecular weight is 282 g/mol. The first-order valence-electron chi connectivity index (χ1n) is 6.75. The molecule has 0 aromatic carbocycles. The minimum atomic E-state index is -2.73. The average Bonchev–Trinajstić information content (AvgIpc) is 2.66. The zero-order valence-corrected chi connectivity index (χ0v) is 12.5. The molecule has 1 atom stereocenters. The SMILES string of the molecule is Cc1cc(CN(C)CCC2CCS(=O)(=O)C2)ccn1. The fourth-order valence-electron chi connectivity index (χ4n) is 2.60. The smallest absolute Gasteiger partial charge is 0.150 e. The molecule has 1 aliphatic rings. The topological polar surface area (TPSA) is 50.3 Å². The number of pyridine rings is 1. The first-order valence-corrected chi connectivity index (χ1v) is 8.57. The van der Waals surface area contributed by atoms with Gasteiger partial charge in [-0.15, -0.1) is 0 Å². The Bertz CT molecular complexity index is 528. The summed E-state index contributed by atoms with van der Waals surface area (Å²) in [5.74, 6) is 1.12. The van der Waals surface area contributed by atoms with Crippen LogP contribution in [0.2, 0.25) is 0 Å². The summed E-state index contributed by atoms with van der Waals surface area (Å²) < 4.78 is 22.8. The molecular weight excluding hydrogens is 260 g/mol. The quantitative estimate of drug-likeness (QED) is 0.824. The van der Waals surface area contributed by atoms with Gasteiger partial charge in [-0.2, -0.15) is 0 Å². The summed E-state index contributed by atoms with van der Waals surface area (Å²) in [5.41, 5.74) is 2.29. The molecule has 1 saturated heterocycles. The number of nitrogens with zero attached hydrogens (tertiary/aromatic N) is 2. The van der Waals surface area contributed by atoms with Gasteiger partial charge in [-0.3, -0.25) is 4.98 Å². The second kappa shape index (κ2) is 6.01. The van der Waals surface area contributed by atoms with Crippen LogP contribution in [0, 0.1) is 12.8 Å². The van der Waals surface area contributed by atoms with Gasteiger partial charge in [0.2, 0.25) is 0 Å². The van der Waals surface area contributed by atoms with E-state index < -0.39 is 9.84 Å². The Kier molecular flexibility index (Phi) is 4.58. The summed E-state index contributed by atoms with van der Waals surface area (Å²) >= 11 is 0. The largest absolute Gasteiger partial charge is 0.302 e. The van der Waals surface area contributed by atoms with Gasteiger partial charge in [0.1, 0.15) is 0 Å².